The summed E-state index contributed by atoms with van der Waals surface area (Å²) in [7, 11) is 0. The summed E-state index contributed by atoms with van der Waals surface area (Å²) < 4.78 is 0. The Morgan fingerprint density at radius 3 is 1.90 bits per heavy atom. The fraction of sp³-hybridized carbons (Fsp3) is 0.750. The van der Waals surface area contributed by atoms with E-state index in [0.29, 0.717) is 32.1 Å². The highest BCUT2D eigenvalue weighted by Gasteiger charge is 2.27. The zero-order valence-electron chi connectivity index (χ0n) is 25.5. The molecule has 0 saturated carbocycles. The van der Waals surface area contributed by atoms with Crippen molar-refractivity contribution in [2.75, 3.05) is 6.54 Å². The van der Waals surface area contributed by atoms with Crippen LogP contribution in [-0.2, 0) is 28.8 Å². The van der Waals surface area contributed by atoms with Crippen molar-refractivity contribution in [2.45, 2.75) is 119 Å². The minimum atomic E-state index is -0.794. The van der Waals surface area contributed by atoms with Crippen LogP contribution < -0.4 is 0 Å². The molecule has 0 aliphatic carbocycles. The highest BCUT2D eigenvalue weighted by atomic mass is 16.4. The normalized spacial score (nSPS) is 16.6. The lowest BCUT2D eigenvalue weighted by Crippen LogP contribution is -2.32. The van der Waals surface area contributed by atoms with Crippen LogP contribution in [0.15, 0.2) is 12.2 Å². The van der Waals surface area contributed by atoms with Gasteiger partial charge in [0, 0.05) is 55.7 Å². The number of hydrogen-bond donors (Lipinski definition) is 1. The van der Waals surface area contributed by atoms with Gasteiger partial charge >= 0.3 is 5.97 Å². The first-order chi connectivity index (χ1) is 18.7. The van der Waals surface area contributed by atoms with E-state index >= 15 is 0 Å². The predicted octanol–water partition coefficient (Wildman–Crippen LogP) is 5.96. The molecule has 8 nitrogen and oxygen atoms in total. The predicted molar refractivity (Wildman–Crippen MR) is 154 cm³/mol. The van der Waals surface area contributed by atoms with Gasteiger partial charge in [0.05, 0.1) is 5.41 Å². The summed E-state index contributed by atoms with van der Waals surface area (Å²) in [5, 5.41) is 9.21. The Labute approximate surface area is 240 Å². The number of imide groups is 1. The SMILES string of the molecule is CC(CCCC(C)C(=O)CCCC(C)C(=O)C(C)CCCCC(C)(C)C(=O)O)CC(=O)CCN1C(=O)C=CC1=O. The first-order valence-corrected chi connectivity index (χ1v) is 15.0. The van der Waals surface area contributed by atoms with Crippen molar-refractivity contribution in [3.8, 4) is 0 Å². The number of nitrogens with zero attached hydrogens (tertiary/aromatic N) is 1. The monoisotopic (exact) mass is 561 g/mol. The van der Waals surface area contributed by atoms with E-state index in [0.717, 1.165) is 43.4 Å². The van der Waals surface area contributed by atoms with Gasteiger partial charge in [-0.05, 0) is 51.9 Å². The van der Waals surface area contributed by atoms with E-state index < -0.39 is 11.4 Å². The van der Waals surface area contributed by atoms with E-state index in [-0.39, 0.29) is 65.8 Å². The van der Waals surface area contributed by atoms with Gasteiger partial charge in [-0.2, -0.15) is 0 Å². The molecule has 1 aliphatic rings. The molecule has 4 unspecified atom stereocenters. The van der Waals surface area contributed by atoms with Crippen LogP contribution in [0.25, 0.3) is 0 Å². The van der Waals surface area contributed by atoms with E-state index in [4.69, 9.17) is 0 Å². The van der Waals surface area contributed by atoms with Crippen molar-refractivity contribution in [1.29, 1.82) is 0 Å². The summed E-state index contributed by atoms with van der Waals surface area (Å²) in [5.41, 5.74) is -0.736. The molecule has 1 aliphatic heterocycles. The van der Waals surface area contributed by atoms with Crippen LogP contribution in [0, 0.1) is 29.1 Å². The lowest BCUT2D eigenvalue weighted by atomic mass is 9.84. The van der Waals surface area contributed by atoms with Gasteiger partial charge in [0.1, 0.15) is 17.3 Å². The minimum Gasteiger partial charge on any atom is -0.481 e. The van der Waals surface area contributed by atoms with Crippen molar-refractivity contribution < 1.29 is 33.9 Å². The molecule has 1 N–H and O–H groups in total. The number of rotatable bonds is 22. The molecule has 1 rings (SSSR count). The number of amides is 2. The summed E-state index contributed by atoms with van der Waals surface area (Å²) in [4.78, 5) is 73.0. The summed E-state index contributed by atoms with van der Waals surface area (Å²) in [6, 6.07) is 0. The van der Waals surface area contributed by atoms with Crippen LogP contribution in [0.3, 0.4) is 0 Å². The standard InChI is InChI=1S/C32H51NO7/c1-22(21-26(34)18-20-33-28(36)16-17-29(33)37)11-9-13-23(2)27(35)15-10-14-25(4)30(38)24(3)12-7-8-19-32(5,6)31(39)40/h16-17,22-25H,7-15,18-21H2,1-6H3,(H,39,40). The second-order valence-electron chi connectivity index (χ2n) is 12.6. The Morgan fingerprint density at radius 1 is 0.775 bits per heavy atom. The summed E-state index contributed by atoms with van der Waals surface area (Å²) in [5.74, 6) is -1.10. The van der Waals surface area contributed by atoms with Gasteiger partial charge in [0.2, 0.25) is 0 Å². The maximum absolute atomic E-state index is 12.7. The molecule has 1 heterocycles. The van der Waals surface area contributed by atoms with Gasteiger partial charge in [-0.3, -0.25) is 33.7 Å². The molecule has 0 aromatic rings. The van der Waals surface area contributed by atoms with E-state index in [1.54, 1.807) is 13.8 Å². The summed E-state index contributed by atoms with van der Waals surface area (Å²) >= 11 is 0. The number of carbonyl (C=O) groups excluding carboxylic acids is 5. The molecule has 2 amide bonds. The van der Waals surface area contributed by atoms with E-state index in [1.807, 2.05) is 27.7 Å². The first kappa shape index (κ1) is 35.4. The van der Waals surface area contributed by atoms with Crippen molar-refractivity contribution in [3.63, 3.8) is 0 Å². The fourth-order valence-corrected chi connectivity index (χ4v) is 5.14. The van der Waals surface area contributed by atoms with E-state index in [9.17, 15) is 33.9 Å². The van der Waals surface area contributed by atoms with Crippen molar-refractivity contribution in [2.24, 2.45) is 29.1 Å². The smallest absolute Gasteiger partial charge is 0.309 e. The maximum Gasteiger partial charge on any atom is 0.309 e. The molecule has 0 spiro atoms. The van der Waals surface area contributed by atoms with Gasteiger partial charge in [0.25, 0.3) is 11.8 Å². The van der Waals surface area contributed by atoms with Crippen molar-refractivity contribution in [3.05, 3.63) is 12.2 Å². The highest BCUT2D eigenvalue weighted by molar-refractivity contribution is 6.13. The topological polar surface area (TPSA) is 126 Å². The first-order valence-electron chi connectivity index (χ1n) is 15.0. The quantitative estimate of drug-likeness (QED) is 0.128. The third-order valence-electron chi connectivity index (χ3n) is 8.27. The minimum absolute atomic E-state index is 0.0317. The van der Waals surface area contributed by atoms with Crippen LogP contribution in [0.1, 0.15) is 119 Å². The Kier molecular flexibility index (Phi) is 15.2. The van der Waals surface area contributed by atoms with Gasteiger partial charge in [-0.1, -0.05) is 53.4 Å². The zero-order chi connectivity index (χ0) is 30.5. The van der Waals surface area contributed by atoms with Crippen LogP contribution >= 0.6 is 0 Å². The van der Waals surface area contributed by atoms with Crippen LogP contribution in [0.4, 0.5) is 0 Å². The molecular formula is C32H51NO7. The van der Waals surface area contributed by atoms with E-state index in [2.05, 4.69) is 0 Å². The molecule has 0 aromatic carbocycles. The Balaban J connectivity index is 2.20. The van der Waals surface area contributed by atoms with Gasteiger partial charge in [0.15, 0.2) is 0 Å². The Bertz CT molecular complexity index is 918. The molecule has 0 radical (unpaired) electrons. The number of aliphatic carboxylic acids is 1. The molecule has 226 valence electrons. The Morgan fingerprint density at radius 2 is 1.32 bits per heavy atom. The van der Waals surface area contributed by atoms with Crippen molar-refractivity contribution >= 4 is 35.1 Å². The summed E-state index contributed by atoms with van der Waals surface area (Å²) in [6.07, 6.45) is 10.3. The molecule has 0 saturated heterocycles. The number of unbranched alkanes of at least 4 members (excludes halogenated alkanes) is 1. The lowest BCUT2D eigenvalue weighted by molar-refractivity contribution is -0.147. The number of carboxylic acid groups (broad SMARTS) is 1. The average molecular weight is 562 g/mol. The van der Waals surface area contributed by atoms with Crippen molar-refractivity contribution in [1.82, 2.24) is 4.90 Å². The Hall–Kier alpha value is -2.64. The number of carboxylic acids is 1. The number of hydrogen-bond acceptors (Lipinski definition) is 6. The van der Waals surface area contributed by atoms with Crippen LogP contribution in [0.2, 0.25) is 0 Å². The van der Waals surface area contributed by atoms with Gasteiger partial charge in [-0.15, -0.1) is 0 Å². The molecule has 40 heavy (non-hydrogen) atoms. The molecule has 4 atom stereocenters. The van der Waals surface area contributed by atoms with Crippen LogP contribution in [0.5, 0.6) is 0 Å². The maximum atomic E-state index is 12.7. The molecule has 0 bridgehead atoms. The second kappa shape index (κ2) is 17.2. The third kappa shape index (κ3) is 12.7. The van der Waals surface area contributed by atoms with E-state index in [1.165, 1.54) is 12.2 Å². The average Bonchev–Trinajstić information content (AvgIpc) is 3.20. The number of ketones is 3. The summed E-state index contributed by atoms with van der Waals surface area (Å²) in [6.45, 7) is 11.4. The highest BCUT2D eigenvalue weighted by Crippen LogP contribution is 2.26. The number of Topliss-reactive ketones (excluding diaryl/α,β-unsaturated/α-hetero) is 3. The van der Waals surface area contributed by atoms with Crippen LogP contribution in [-0.4, -0.2) is 51.7 Å². The lowest BCUT2D eigenvalue weighted by Gasteiger charge is -2.20. The largest absolute Gasteiger partial charge is 0.481 e. The molecule has 8 heteroatoms. The zero-order valence-corrected chi connectivity index (χ0v) is 25.5. The number of carbonyl (C=O) groups is 6. The molecule has 0 fully saturated rings. The molecule has 0 aromatic heterocycles. The fourth-order valence-electron chi connectivity index (χ4n) is 5.14. The molecular weight excluding hydrogens is 510 g/mol. The second-order valence-corrected chi connectivity index (χ2v) is 12.6. The third-order valence-corrected chi connectivity index (χ3v) is 8.27. The van der Waals surface area contributed by atoms with Gasteiger partial charge in [-0.25, -0.2) is 0 Å². The van der Waals surface area contributed by atoms with Gasteiger partial charge < -0.3 is 5.11 Å².